The lowest BCUT2D eigenvalue weighted by Crippen LogP contribution is -2.22. The molecule has 26 heavy (non-hydrogen) atoms. The molecule has 3 rings (SSSR count). The second-order valence-electron chi connectivity index (χ2n) is 5.95. The van der Waals surface area contributed by atoms with Crippen LogP contribution in [0.3, 0.4) is 0 Å². The maximum absolute atomic E-state index is 12.4. The Labute approximate surface area is 161 Å². The van der Waals surface area contributed by atoms with Crippen LogP contribution < -0.4 is 5.32 Å². The van der Waals surface area contributed by atoms with Crippen LogP contribution in [0, 0.1) is 13.8 Å². The van der Waals surface area contributed by atoms with E-state index in [1.807, 2.05) is 44.2 Å². The van der Waals surface area contributed by atoms with Crippen molar-refractivity contribution in [2.24, 2.45) is 0 Å². The zero-order valence-electron chi connectivity index (χ0n) is 14.6. The van der Waals surface area contributed by atoms with Crippen molar-refractivity contribution < 1.29 is 9.21 Å². The number of aryl methyl sites for hydroxylation is 2. The van der Waals surface area contributed by atoms with Gasteiger partial charge in [0.15, 0.2) is 0 Å². The van der Waals surface area contributed by atoms with Crippen molar-refractivity contribution in [2.75, 3.05) is 5.32 Å². The van der Waals surface area contributed by atoms with Crippen molar-refractivity contribution in [3.63, 3.8) is 0 Å². The molecule has 1 N–H and O–H groups in total. The van der Waals surface area contributed by atoms with Crippen molar-refractivity contribution in [3.8, 4) is 11.5 Å². The molecule has 0 bridgehead atoms. The molecule has 0 spiro atoms. The van der Waals surface area contributed by atoms with Crippen LogP contribution >= 0.6 is 23.4 Å². The van der Waals surface area contributed by atoms with Crippen molar-refractivity contribution in [1.29, 1.82) is 0 Å². The van der Waals surface area contributed by atoms with Gasteiger partial charge in [0, 0.05) is 16.3 Å². The highest BCUT2D eigenvalue weighted by atomic mass is 35.5. The lowest BCUT2D eigenvalue weighted by Gasteiger charge is -2.12. The second-order valence-corrected chi connectivity index (χ2v) is 7.68. The Hall–Kier alpha value is -2.31. The summed E-state index contributed by atoms with van der Waals surface area (Å²) in [7, 11) is 0. The molecule has 1 atom stereocenters. The maximum Gasteiger partial charge on any atom is 0.277 e. The summed E-state index contributed by atoms with van der Waals surface area (Å²) in [5.74, 6) is 0.283. The molecule has 1 aromatic heterocycles. The molecular weight excluding hydrogens is 370 g/mol. The van der Waals surface area contributed by atoms with Crippen LogP contribution in [0.2, 0.25) is 5.02 Å². The molecule has 2 aromatic carbocycles. The zero-order valence-corrected chi connectivity index (χ0v) is 16.2. The summed E-state index contributed by atoms with van der Waals surface area (Å²) in [6.45, 7) is 5.70. The van der Waals surface area contributed by atoms with Gasteiger partial charge < -0.3 is 9.73 Å². The number of anilines is 1. The highest BCUT2D eigenvalue weighted by molar-refractivity contribution is 8.00. The molecule has 0 fully saturated rings. The maximum atomic E-state index is 12.4. The van der Waals surface area contributed by atoms with Gasteiger partial charge in [-0.3, -0.25) is 4.79 Å². The Morgan fingerprint density at radius 3 is 2.77 bits per heavy atom. The molecule has 1 amide bonds. The molecule has 7 heteroatoms. The summed E-state index contributed by atoms with van der Waals surface area (Å²) in [5.41, 5.74) is 3.61. The van der Waals surface area contributed by atoms with Crippen molar-refractivity contribution >= 4 is 35.0 Å². The third kappa shape index (κ3) is 4.45. The van der Waals surface area contributed by atoms with Crippen molar-refractivity contribution in [3.05, 3.63) is 58.6 Å². The van der Waals surface area contributed by atoms with E-state index in [4.69, 9.17) is 16.0 Å². The highest BCUT2D eigenvalue weighted by Gasteiger charge is 2.19. The molecule has 134 valence electrons. The van der Waals surface area contributed by atoms with E-state index in [1.165, 1.54) is 11.8 Å². The second kappa shape index (κ2) is 7.93. The largest absolute Gasteiger partial charge is 0.411 e. The molecular formula is C19H18ClN3O2S. The average Bonchev–Trinajstić information content (AvgIpc) is 3.06. The van der Waals surface area contributed by atoms with Gasteiger partial charge in [0.1, 0.15) is 0 Å². The normalized spacial score (nSPS) is 12.0. The lowest BCUT2D eigenvalue weighted by atomic mass is 10.1. The fourth-order valence-corrected chi connectivity index (χ4v) is 3.18. The molecule has 1 heterocycles. The SMILES string of the molecule is Cc1cccc(-c2nnc(S[C@@H](C)C(=O)Nc3cc(Cl)ccc3C)o2)c1. The first kappa shape index (κ1) is 18.5. The average molecular weight is 388 g/mol. The number of hydrogen-bond donors (Lipinski definition) is 1. The molecule has 0 unspecified atom stereocenters. The smallest absolute Gasteiger partial charge is 0.277 e. The third-order valence-corrected chi connectivity index (χ3v) is 4.95. The minimum Gasteiger partial charge on any atom is -0.411 e. The Balaban J connectivity index is 1.67. The van der Waals surface area contributed by atoms with Gasteiger partial charge in [-0.05, 0) is 50.6 Å². The first-order chi connectivity index (χ1) is 12.4. The number of nitrogens with one attached hydrogen (secondary N) is 1. The number of aromatic nitrogens is 2. The van der Waals surface area contributed by atoms with Crippen molar-refractivity contribution in [1.82, 2.24) is 10.2 Å². The first-order valence-corrected chi connectivity index (χ1v) is 9.32. The summed E-state index contributed by atoms with van der Waals surface area (Å²) in [6.07, 6.45) is 0. The number of benzene rings is 2. The van der Waals surface area contributed by atoms with Gasteiger partial charge >= 0.3 is 0 Å². The number of carbonyl (C=O) groups is 1. The van der Waals surface area contributed by atoms with E-state index in [0.717, 1.165) is 16.7 Å². The van der Waals surface area contributed by atoms with Crippen LogP contribution in [-0.2, 0) is 4.79 Å². The van der Waals surface area contributed by atoms with Crippen LogP contribution in [0.25, 0.3) is 11.5 Å². The predicted octanol–water partition coefficient (Wildman–Crippen LogP) is 5.13. The van der Waals surface area contributed by atoms with Gasteiger partial charge in [0.05, 0.1) is 5.25 Å². The fourth-order valence-electron chi connectivity index (χ4n) is 2.32. The number of hydrogen-bond acceptors (Lipinski definition) is 5. The van der Waals surface area contributed by atoms with E-state index < -0.39 is 5.25 Å². The van der Waals surface area contributed by atoms with Crippen LogP contribution in [0.1, 0.15) is 18.1 Å². The molecule has 0 aliphatic rings. The molecule has 3 aromatic rings. The van der Waals surface area contributed by atoms with Gasteiger partial charge in [-0.2, -0.15) is 0 Å². The molecule has 0 saturated carbocycles. The predicted molar refractivity (Wildman–Crippen MR) is 105 cm³/mol. The van der Waals surface area contributed by atoms with Crippen LogP contribution in [0.4, 0.5) is 5.69 Å². The van der Waals surface area contributed by atoms with Gasteiger partial charge in [-0.1, -0.05) is 47.1 Å². The number of rotatable bonds is 5. The van der Waals surface area contributed by atoms with E-state index in [9.17, 15) is 4.79 Å². The van der Waals surface area contributed by atoms with Gasteiger partial charge in [-0.15, -0.1) is 10.2 Å². The quantitative estimate of drug-likeness (QED) is 0.615. The zero-order chi connectivity index (χ0) is 18.7. The summed E-state index contributed by atoms with van der Waals surface area (Å²) in [5, 5.41) is 11.5. The number of carbonyl (C=O) groups excluding carboxylic acids is 1. The monoisotopic (exact) mass is 387 g/mol. The van der Waals surface area contributed by atoms with E-state index in [2.05, 4.69) is 15.5 Å². The van der Waals surface area contributed by atoms with Gasteiger partial charge in [0.2, 0.25) is 11.8 Å². The summed E-state index contributed by atoms with van der Waals surface area (Å²) in [4.78, 5) is 12.4. The summed E-state index contributed by atoms with van der Waals surface area (Å²) < 4.78 is 5.68. The molecule has 0 radical (unpaired) electrons. The number of thioether (sulfide) groups is 1. The van der Waals surface area contributed by atoms with E-state index in [0.29, 0.717) is 21.8 Å². The molecule has 0 saturated heterocycles. The standard InChI is InChI=1S/C19H18ClN3O2S/c1-11-5-4-6-14(9-11)18-22-23-19(25-18)26-13(3)17(24)21-16-10-15(20)8-7-12(16)2/h4-10,13H,1-3H3,(H,21,24)/t13-/m0/s1. The number of amides is 1. The lowest BCUT2D eigenvalue weighted by molar-refractivity contribution is -0.115. The highest BCUT2D eigenvalue weighted by Crippen LogP contribution is 2.28. The minimum atomic E-state index is -0.404. The molecule has 5 nitrogen and oxygen atoms in total. The summed E-state index contributed by atoms with van der Waals surface area (Å²) >= 11 is 7.21. The Morgan fingerprint density at radius 1 is 1.19 bits per heavy atom. The molecule has 0 aliphatic heterocycles. The topological polar surface area (TPSA) is 68.0 Å². The van der Waals surface area contributed by atoms with E-state index in [-0.39, 0.29) is 5.91 Å². The van der Waals surface area contributed by atoms with Crippen LogP contribution in [0.15, 0.2) is 52.1 Å². The van der Waals surface area contributed by atoms with Crippen LogP contribution in [0.5, 0.6) is 0 Å². The fraction of sp³-hybridized carbons (Fsp3) is 0.211. The van der Waals surface area contributed by atoms with Gasteiger partial charge in [0.25, 0.3) is 5.22 Å². The Bertz CT molecular complexity index is 942. The third-order valence-electron chi connectivity index (χ3n) is 3.78. The summed E-state index contributed by atoms with van der Waals surface area (Å²) in [6, 6.07) is 13.2. The van der Waals surface area contributed by atoms with E-state index >= 15 is 0 Å². The van der Waals surface area contributed by atoms with Crippen LogP contribution in [-0.4, -0.2) is 21.4 Å². The minimum absolute atomic E-state index is 0.157. The van der Waals surface area contributed by atoms with Gasteiger partial charge in [-0.25, -0.2) is 0 Å². The number of halogens is 1. The first-order valence-electron chi connectivity index (χ1n) is 8.06. The number of nitrogens with zero attached hydrogens (tertiary/aromatic N) is 2. The Morgan fingerprint density at radius 2 is 2.00 bits per heavy atom. The Kier molecular flexibility index (Phi) is 5.64. The van der Waals surface area contributed by atoms with Crippen molar-refractivity contribution in [2.45, 2.75) is 31.2 Å². The van der Waals surface area contributed by atoms with E-state index in [1.54, 1.807) is 19.1 Å². The molecule has 0 aliphatic carbocycles.